The normalized spacial score (nSPS) is 11.2. The van der Waals surface area contributed by atoms with E-state index >= 15 is 0 Å². The zero-order valence-corrected chi connectivity index (χ0v) is 13.6. The molecule has 5 nitrogen and oxygen atoms in total. The largest absolute Gasteiger partial charge is 0.344 e. The average molecular weight is 340 g/mol. The maximum atomic E-state index is 14.0. The van der Waals surface area contributed by atoms with Gasteiger partial charge < -0.3 is 5.32 Å². The molecule has 0 saturated carbocycles. The van der Waals surface area contributed by atoms with Gasteiger partial charge in [0.15, 0.2) is 11.5 Å². The van der Waals surface area contributed by atoms with Gasteiger partial charge in [-0.3, -0.25) is 9.20 Å². The highest BCUT2D eigenvalue weighted by Crippen LogP contribution is 2.32. The van der Waals surface area contributed by atoms with E-state index in [2.05, 4.69) is 15.5 Å². The molecule has 1 amide bonds. The van der Waals surface area contributed by atoms with E-state index in [-0.39, 0.29) is 18.3 Å². The first-order valence-corrected chi connectivity index (χ1v) is 8.21. The van der Waals surface area contributed by atoms with Gasteiger partial charge in [-0.05, 0) is 36.8 Å². The van der Waals surface area contributed by atoms with Crippen molar-refractivity contribution in [2.75, 3.05) is 0 Å². The molecule has 0 atom stereocenters. The first-order chi connectivity index (χ1) is 11.6. The quantitative estimate of drug-likeness (QED) is 0.622. The molecule has 0 aliphatic carbocycles. The molecule has 4 aromatic rings. The molecule has 0 radical (unpaired) electrons. The summed E-state index contributed by atoms with van der Waals surface area (Å²) in [6.45, 7) is 2.02. The molecule has 24 heavy (non-hydrogen) atoms. The standard InChI is InChI=1S/C17H13FN4OS/c1-10-15-11(18)5-4-6-12(15)24-16(10)17(23)19-9-14-21-20-13-7-2-3-8-22(13)14/h2-8H,9H2,1H3,(H,19,23). The molecule has 0 spiro atoms. The van der Waals surface area contributed by atoms with E-state index in [4.69, 9.17) is 0 Å². The number of aromatic nitrogens is 3. The number of hydrogen-bond donors (Lipinski definition) is 1. The lowest BCUT2D eigenvalue weighted by molar-refractivity contribution is 0.0953. The fourth-order valence-electron chi connectivity index (χ4n) is 2.72. The van der Waals surface area contributed by atoms with Crippen LogP contribution in [0.5, 0.6) is 0 Å². The summed E-state index contributed by atoms with van der Waals surface area (Å²) in [5.41, 5.74) is 1.39. The molecular weight excluding hydrogens is 327 g/mol. The number of pyridine rings is 1. The number of fused-ring (bicyclic) bond motifs is 2. The summed E-state index contributed by atoms with van der Waals surface area (Å²) in [4.78, 5) is 13.0. The maximum Gasteiger partial charge on any atom is 0.262 e. The van der Waals surface area contributed by atoms with Crippen LogP contribution in [0.3, 0.4) is 0 Å². The number of benzene rings is 1. The highest BCUT2D eigenvalue weighted by Gasteiger charge is 2.18. The first kappa shape index (κ1) is 14.8. The van der Waals surface area contributed by atoms with E-state index < -0.39 is 0 Å². The second kappa shape index (κ2) is 5.68. The Morgan fingerprint density at radius 2 is 2.12 bits per heavy atom. The number of hydrogen-bond acceptors (Lipinski definition) is 4. The van der Waals surface area contributed by atoms with E-state index in [1.807, 2.05) is 34.9 Å². The van der Waals surface area contributed by atoms with Gasteiger partial charge in [0, 0.05) is 16.3 Å². The van der Waals surface area contributed by atoms with Crippen LogP contribution < -0.4 is 5.32 Å². The lowest BCUT2D eigenvalue weighted by Gasteiger charge is -2.03. The number of nitrogens with zero attached hydrogens (tertiary/aromatic N) is 3. The summed E-state index contributed by atoms with van der Waals surface area (Å²) in [6, 6.07) is 10.5. The predicted molar refractivity (Wildman–Crippen MR) is 90.7 cm³/mol. The molecule has 0 aliphatic rings. The van der Waals surface area contributed by atoms with Gasteiger partial charge in [-0.25, -0.2) is 4.39 Å². The van der Waals surface area contributed by atoms with E-state index in [1.54, 1.807) is 13.0 Å². The van der Waals surface area contributed by atoms with Crippen LogP contribution >= 0.6 is 11.3 Å². The fourth-order valence-corrected chi connectivity index (χ4v) is 3.86. The number of halogens is 1. The Bertz CT molecular complexity index is 1070. The van der Waals surface area contributed by atoms with E-state index in [0.29, 0.717) is 21.7 Å². The number of rotatable bonds is 3. The monoisotopic (exact) mass is 340 g/mol. The molecular formula is C17H13FN4OS. The summed E-state index contributed by atoms with van der Waals surface area (Å²) in [5.74, 6) is 0.105. The summed E-state index contributed by atoms with van der Waals surface area (Å²) in [5, 5.41) is 11.5. The highest BCUT2D eigenvalue weighted by molar-refractivity contribution is 7.21. The predicted octanol–water partition coefficient (Wildman–Crippen LogP) is 3.32. The van der Waals surface area contributed by atoms with E-state index in [1.165, 1.54) is 17.4 Å². The third-order valence-corrected chi connectivity index (χ3v) is 5.16. The Morgan fingerprint density at radius 3 is 2.96 bits per heavy atom. The number of carbonyl (C=O) groups is 1. The lowest BCUT2D eigenvalue weighted by atomic mass is 10.1. The van der Waals surface area contributed by atoms with E-state index in [9.17, 15) is 9.18 Å². The topological polar surface area (TPSA) is 59.3 Å². The minimum Gasteiger partial charge on any atom is -0.344 e. The van der Waals surface area contributed by atoms with Crippen molar-refractivity contribution in [2.24, 2.45) is 0 Å². The molecule has 0 unspecified atom stereocenters. The molecule has 0 fully saturated rings. The zero-order chi connectivity index (χ0) is 16.7. The van der Waals surface area contributed by atoms with Crippen LogP contribution in [0.4, 0.5) is 4.39 Å². The summed E-state index contributed by atoms with van der Waals surface area (Å²) < 4.78 is 16.5. The third kappa shape index (κ3) is 2.33. The van der Waals surface area contributed by atoms with Crippen molar-refractivity contribution in [1.82, 2.24) is 19.9 Å². The van der Waals surface area contributed by atoms with Gasteiger partial charge in [-0.1, -0.05) is 12.1 Å². The van der Waals surface area contributed by atoms with Crippen LogP contribution in [0.15, 0.2) is 42.6 Å². The maximum absolute atomic E-state index is 14.0. The molecule has 1 aromatic carbocycles. The minimum absolute atomic E-state index is 0.235. The van der Waals surface area contributed by atoms with Crippen molar-refractivity contribution in [3.8, 4) is 0 Å². The van der Waals surface area contributed by atoms with Gasteiger partial charge in [0.1, 0.15) is 5.82 Å². The van der Waals surface area contributed by atoms with Crippen molar-refractivity contribution >= 4 is 33.0 Å². The first-order valence-electron chi connectivity index (χ1n) is 7.39. The summed E-state index contributed by atoms with van der Waals surface area (Å²) >= 11 is 1.29. The molecule has 3 heterocycles. The van der Waals surface area contributed by atoms with Gasteiger partial charge in [-0.15, -0.1) is 21.5 Å². The Hall–Kier alpha value is -2.80. The molecule has 3 aromatic heterocycles. The van der Waals surface area contributed by atoms with Crippen molar-refractivity contribution in [1.29, 1.82) is 0 Å². The van der Waals surface area contributed by atoms with Gasteiger partial charge in [0.05, 0.1) is 11.4 Å². The van der Waals surface area contributed by atoms with Crippen LogP contribution in [-0.2, 0) is 6.54 Å². The van der Waals surface area contributed by atoms with Crippen molar-refractivity contribution in [3.63, 3.8) is 0 Å². The van der Waals surface area contributed by atoms with Crippen molar-refractivity contribution in [3.05, 3.63) is 64.7 Å². The summed E-state index contributed by atoms with van der Waals surface area (Å²) in [7, 11) is 0. The molecule has 0 aliphatic heterocycles. The van der Waals surface area contributed by atoms with Gasteiger partial charge in [-0.2, -0.15) is 0 Å². The van der Waals surface area contributed by atoms with Crippen LogP contribution in [-0.4, -0.2) is 20.5 Å². The second-order valence-electron chi connectivity index (χ2n) is 5.40. The van der Waals surface area contributed by atoms with Crippen LogP contribution in [0, 0.1) is 12.7 Å². The van der Waals surface area contributed by atoms with Crippen LogP contribution in [0.25, 0.3) is 15.7 Å². The van der Waals surface area contributed by atoms with Gasteiger partial charge in [0.25, 0.3) is 5.91 Å². The second-order valence-corrected chi connectivity index (χ2v) is 6.45. The number of amides is 1. The Morgan fingerprint density at radius 1 is 1.25 bits per heavy atom. The number of aryl methyl sites for hydroxylation is 1. The van der Waals surface area contributed by atoms with Crippen molar-refractivity contribution < 1.29 is 9.18 Å². The lowest BCUT2D eigenvalue weighted by Crippen LogP contribution is -2.23. The molecule has 0 bridgehead atoms. The fraction of sp³-hybridized carbons (Fsp3) is 0.118. The highest BCUT2D eigenvalue weighted by atomic mass is 32.1. The van der Waals surface area contributed by atoms with Gasteiger partial charge in [0.2, 0.25) is 0 Å². The number of thiophene rings is 1. The average Bonchev–Trinajstić information content (AvgIpc) is 3.15. The van der Waals surface area contributed by atoms with Gasteiger partial charge >= 0.3 is 0 Å². The number of carbonyl (C=O) groups excluding carboxylic acids is 1. The van der Waals surface area contributed by atoms with Crippen LogP contribution in [0.2, 0.25) is 0 Å². The third-order valence-electron chi connectivity index (χ3n) is 3.90. The smallest absolute Gasteiger partial charge is 0.262 e. The molecule has 0 saturated heterocycles. The number of nitrogens with one attached hydrogen (secondary N) is 1. The SMILES string of the molecule is Cc1c(C(=O)NCc2nnc3ccccn23)sc2cccc(F)c12. The molecule has 1 N–H and O–H groups in total. The summed E-state index contributed by atoms with van der Waals surface area (Å²) in [6.07, 6.45) is 1.84. The Kier molecular flexibility index (Phi) is 3.50. The Balaban J connectivity index is 1.61. The van der Waals surface area contributed by atoms with Crippen molar-refractivity contribution in [2.45, 2.75) is 13.5 Å². The molecule has 7 heteroatoms. The Labute approximate surface area is 140 Å². The molecule has 4 rings (SSSR count). The minimum atomic E-state index is -0.302. The zero-order valence-electron chi connectivity index (χ0n) is 12.8. The van der Waals surface area contributed by atoms with Crippen LogP contribution in [0.1, 0.15) is 21.1 Å². The van der Waals surface area contributed by atoms with E-state index in [0.717, 1.165) is 10.3 Å². The molecule has 120 valence electrons.